The van der Waals surface area contributed by atoms with Crippen LogP contribution in [0.2, 0.25) is 0 Å². The molecule has 0 radical (unpaired) electrons. The SMILES string of the molecule is CC(C)(C)C(C(=O)O)N1C(=O)CCCn2c(=O)[nH]c3cccc1c32. The zero-order valence-electron chi connectivity index (χ0n) is 14.0. The van der Waals surface area contributed by atoms with E-state index in [1.165, 1.54) is 4.90 Å². The molecule has 1 aromatic carbocycles. The molecule has 0 saturated heterocycles. The van der Waals surface area contributed by atoms with Crippen molar-refractivity contribution in [2.75, 3.05) is 4.90 Å². The molecule has 0 bridgehead atoms. The molecule has 1 aliphatic rings. The van der Waals surface area contributed by atoms with E-state index in [9.17, 15) is 19.5 Å². The Morgan fingerprint density at radius 2 is 2.00 bits per heavy atom. The van der Waals surface area contributed by atoms with Crippen LogP contribution >= 0.6 is 0 Å². The van der Waals surface area contributed by atoms with Crippen molar-refractivity contribution in [1.82, 2.24) is 9.55 Å². The van der Waals surface area contributed by atoms with Crippen LogP contribution in [0.5, 0.6) is 0 Å². The van der Waals surface area contributed by atoms with Crippen molar-refractivity contribution in [3.8, 4) is 0 Å². The predicted molar refractivity (Wildman–Crippen MR) is 90.2 cm³/mol. The normalized spacial score (nSPS) is 16.8. The molecule has 1 aromatic heterocycles. The molecule has 0 spiro atoms. The Kier molecular flexibility index (Phi) is 3.74. The molecule has 2 heterocycles. The van der Waals surface area contributed by atoms with Gasteiger partial charge in [0.25, 0.3) is 0 Å². The molecule has 0 aliphatic carbocycles. The smallest absolute Gasteiger partial charge is 0.327 e. The highest BCUT2D eigenvalue weighted by atomic mass is 16.4. The average molecular weight is 331 g/mol. The van der Waals surface area contributed by atoms with Gasteiger partial charge in [0.05, 0.1) is 16.7 Å². The molecule has 1 amide bonds. The average Bonchev–Trinajstić information content (AvgIpc) is 2.77. The number of carbonyl (C=O) groups is 2. The lowest BCUT2D eigenvalue weighted by Crippen LogP contribution is -2.53. The van der Waals surface area contributed by atoms with Gasteiger partial charge in [-0.1, -0.05) is 26.8 Å². The van der Waals surface area contributed by atoms with E-state index in [4.69, 9.17) is 0 Å². The number of rotatable bonds is 2. The van der Waals surface area contributed by atoms with E-state index in [1.807, 2.05) is 0 Å². The second kappa shape index (κ2) is 5.51. The molecule has 7 nitrogen and oxygen atoms in total. The highest BCUT2D eigenvalue weighted by Gasteiger charge is 2.41. The number of carbonyl (C=O) groups excluding carboxylic acids is 1. The van der Waals surface area contributed by atoms with Gasteiger partial charge in [-0.2, -0.15) is 0 Å². The summed E-state index contributed by atoms with van der Waals surface area (Å²) in [5, 5.41) is 9.78. The highest BCUT2D eigenvalue weighted by molar-refractivity contribution is 6.05. The third-order valence-corrected chi connectivity index (χ3v) is 4.38. The first kappa shape index (κ1) is 16.3. The quantitative estimate of drug-likeness (QED) is 0.879. The molecule has 1 atom stereocenters. The van der Waals surface area contributed by atoms with Gasteiger partial charge in [0.1, 0.15) is 6.04 Å². The van der Waals surface area contributed by atoms with Crippen LogP contribution in [0.1, 0.15) is 33.6 Å². The molecule has 1 aliphatic heterocycles. The number of anilines is 1. The fourth-order valence-electron chi connectivity index (χ4n) is 3.40. The van der Waals surface area contributed by atoms with E-state index < -0.39 is 17.4 Å². The number of nitrogens with zero attached hydrogens (tertiary/aromatic N) is 2. The Morgan fingerprint density at radius 3 is 2.62 bits per heavy atom. The van der Waals surface area contributed by atoms with Gasteiger partial charge >= 0.3 is 11.7 Å². The summed E-state index contributed by atoms with van der Waals surface area (Å²) in [6.07, 6.45) is 0.695. The lowest BCUT2D eigenvalue weighted by Gasteiger charge is -2.38. The van der Waals surface area contributed by atoms with Crippen molar-refractivity contribution >= 4 is 28.6 Å². The Labute approximate surface area is 138 Å². The second-order valence-corrected chi connectivity index (χ2v) is 7.23. The first-order chi connectivity index (χ1) is 11.2. The summed E-state index contributed by atoms with van der Waals surface area (Å²) in [4.78, 5) is 41.1. The van der Waals surface area contributed by atoms with Crippen LogP contribution < -0.4 is 10.6 Å². The van der Waals surface area contributed by atoms with E-state index in [0.29, 0.717) is 29.7 Å². The summed E-state index contributed by atoms with van der Waals surface area (Å²) in [6, 6.07) is 4.17. The van der Waals surface area contributed by atoms with Gasteiger partial charge < -0.3 is 10.1 Å². The minimum atomic E-state index is -1.06. The largest absolute Gasteiger partial charge is 0.480 e. The van der Waals surface area contributed by atoms with Gasteiger partial charge in [0, 0.05) is 13.0 Å². The summed E-state index contributed by atoms with van der Waals surface area (Å²) < 4.78 is 1.59. The van der Waals surface area contributed by atoms with Crippen molar-refractivity contribution in [2.24, 2.45) is 5.41 Å². The number of imidazole rings is 1. The zero-order chi connectivity index (χ0) is 17.6. The topological polar surface area (TPSA) is 95.4 Å². The predicted octanol–water partition coefficient (Wildman–Crippen LogP) is 1.96. The molecule has 2 aromatic rings. The van der Waals surface area contributed by atoms with Crippen LogP contribution in [0.15, 0.2) is 23.0 Å². The number of hydrogen-bond donors (Lipinski definition) is 2. The standard InChI is InChI=1S/C17H21N3O4/c1-17(2,3)14(15(22)23)20-11-7-4-6-10-13(11)19(16(24)18-10)9-5-8-12(20)21/h4,6-7,14H,5,8-9H2,1-3H3,(H,18,24)(H,22,23). The minimum absolute atomic E-state index is 0.202. The number of benzene rings is 1. The third-order valence-electron chi connectivity index (χ3n) is 4.38. The van der Waals surface area contributed by atoms with Crippen molar-refractivity contribution in [2.45, 2.75) is 46.2 Å². The third kappa shape index (κ3) is 2.50. The molecule has 0 fully saturated rings. The summed E-state index contributed by atoms with van der Waals surface area (Å²) in [7, 11) is 0. The van der Waals surface area contributed by atoms with Crippen LogP contribution in [0, 0.1) is 5.41 Å². The lowest BCUT2D eigenvalue weighted by atomic mass is 9.85. The number of nitrogens with one attached hydrogen (secondary N) is 1. The second-order valence-electron chi connectivity index (χ2n) is 7.23. The van der Waals surface area contributed by atoms with E-state index in [-0.39, 0.29) is 18.0 Å². The number of amides is 1. The molecule has 24 heavy (non-hydrogen) atoms. The van der Waals surface area contributed by atoms with Gasteiger partial charge in [-0.25, -0.2) is 9.59 Å². The summed E-state index contributed by atoms with van der Waals surface area (Å²) in [5.41, 5.74) is 0.762. The van der Waals surface area contributed by atoms with Crippen LogP contribution in [0.4, 0.5) is 5.69 Å². The molecular weight excluding hydrogens is 310 g/mol. The number of aromatic nitrogens is 2. The monoisotopic (exact) mass is 331 g/mol. The van der Waals surface area contributed by atoms with Gasteiger partial charge in [-0.15, -0.1) is 0 Å². The van der Waals surface area contributed by atoms with Crippen molar-refractivity contribution in [3.63, 3.8) is 0 Å². The van der Waals surface area contributed by atoms with Crippen LogP contribution in [-0.4, -0.2) is 32.6 Å². The fourth-order valence-corrected chi connectivity index (χ4v) is 3.40. The van der Waals surface area contributed by atoms with E-state index in [0.717, 1.165) is 0 Å². The Morgan fingerprint density at radius 1 is 1.29 bits per heavy atom. The number of hydrogen-bond acceptors (Lipinski definition) is 3. The fraction of sp³-hybridized carbons (Fsp3) is 0.471. The Bertz CT molecular complexity index is 872. The first-order valence-corrected chi connectivity index (χ1v) is 7.98. The molecule has 3 rings (SSSR count). The number of aliphatic carboxylic acids is 1. The molecular formula is C17H21N3O4. The highest BCUT2D eigenvalue weighted by Crippen LogP contribution is 2.35. The number of H-pyrrole nitrogens is 1. The van der Waals surface area contributed by atoms with Crippen LogP contribution in [-0.2, 0) is 16.1 Å². The van der Waals surface area contributed by atoms with Gasteiger partial charge in [0.15, 0.2) is 0 Å². The van der Waals surface area contributed by atoms with Crippen molar-refractivity contribution < 1.29 is 14.7 Å². The Balaban J connectivity index is 2.33. The van der Waals surface area contributed by atoms with Gasteiger partial charge in [-0.05, 0) is 24.0 Å². The van der Waals surface area contributed by atoms with E-state index >= 15 is 0 Å². The maximum atomic E-state index is 12.8. The summed E-state index contributed by atoms with van der Waals surface area (Å²) in [6.45, 7) is 5.81. The maximum absolute atomic E-state index is 12.8. The van der Waals surface area contributed by atoms with Crippen molar-refractivity contribution in [1.29, 1.82) is 0 Å². The lowest BCUT2D eigenvalue weighted by molar-refractivity contribution is -0.143. The van der Waals surface area contributed by atoms with E-state index in [1.54, 1.807) is 43.5 Å². The first-order valence-electron chi connectivity index (χ1n) is 7.98. The molecule has 7 heteroatoms. The summed E-state index contributed by atoms with van der Waals surface area (Å²) in [5.74, 6) is -1.29. The number of carboxylic acids is 1. The molecule has 128 valence electrons. The number of aromatic amines is 1. The van der Waals surface area contributed by atoms with Crippen LogP contribution in [0.3, 0.4) is 0 Å². The Hall–Kier alpha value is -2.57. The molecule has 2 N–H and O–H groups in total. The summed E-state index contributed by atoms with van der Waals surface area (Å²) >= 11 is 0. The molecule has 0 saturated carbocycles. The number of carboxylic acid groups (broad SMARTS) is 1. The van der Waals surface area contributed by atoms with Crippen LogP contribution in [0.25, 0.3) is 11.0 Å². The van der Waals surface area contributed by atoms with Gasteiger partial charge in [0.2, 0.25) is 5.91 Å². The van der Waals surface area contributed by atoms with Gasteiger partial charge in [-0.3, -0.25) is 14.3 Å². The zero-order valence-corrected chi connectivity index (χ0v) is 14.0. The van der Waals surface area contributed by atoms with E-state index in [2.05, 4.69) is 4.98 Å². The number of aryl methyl sites for hydroxylation is 1. The maximum Gasteiger partial charge on any atom is 0.327 e. The van der Waals surface area contributed by atoms with Crippen molar-refractivity contribution in [3.05, 3.63) is 28.7 Å². The number of para-hydroxylation sites is 1. The minimum Gasteiger partial charge on any atom is -0.480 e. The molecule has 1 unspecified atom stereocenters.